The van der Waals surface area contributed by atoms with Gasteiger partial charge in [0, 0.05) is 26.4 Å². The molecule has 0 saturated heterocycles. The summed E-state index contributed by atoms with van der Waals surface area (Å²) in [5.74, 6) is 1.30. The van der Waals surface area contributed by atoms with E-state index in [9.17, 15) is 13.2 Å². The van der Waals surface area contributed by atoms with Crippen molar-refractivity contribution in [2.24, 2.45) is 5.92 Å². The standard InChI is InChI=1S/C19H30N2O3S2/c1-15(19(22)20-13-16-8-5-4-6-9-16)25-14-17-10-7-11-18(12-17)26(23,24)21(2)3/h7,10-12,15-16H,4-6,8-9,13-14H2,1-3H3,(H,20,22)/t15-/m0/s1. The van der Waals surface area contributed by atoms with Gasteiger partial charge in [0.05, 0.1) is 10.1 Å². The van der Waals surface area contributed by atoms with Crippen LogP contribution < -0.4 is 5.32 Å². The number of rotatable bonds is 8. The third-order valence-electron chi connectivity index (χ3n) is 4.84. The van der Waals surface area contributed by atoms with Crippen LogP contribution in [0.3, 0.4) is 0 Å². The van der Waals surface area contributed by atoms with Crippen LogP contribution in [-0.2, 0) is 20.6 Å². The fourth-order valence-corrected chi connectivity index (χ4v) is 4.91. The molecule has 0 spiro atoms. The maximum Gasteiger partial charge on any atom is 0.242 e. The van der Waals surface area contributed by atoms with E-state index in [-0.39, 0.29) is 16.1 Å². The van der Waals surface area contributed by atoms with Gasteiger partial charge in [-0.3, -0.25) is 4.79 Å². The first-order chi connectivity index (χ1) is 12.3. The molecular formula is C19H30N2O3S2. The number of nitrogens with one attached hydrogen (secondary N) is 1. The van der Waals surface area contributed by atoms with Crippen LogP contribution in [0.1, 0.15) is 44.6 Å². The van der Waals surface area contributed by atoms with Gasteiger partial charge in [-0.2, -0.15) is 0 Å². The molecule has 1 amide bonds. The first-order valence-electron chi connectivity index (χ1n) is 9.21. The Morgan fingerprint density at radius 1 is 1.27 bits per heavy atom. The first kappa shape index (κ1) is 21.3. The van der Waals surface area contributed by atoms with Crippen molar-refractivity contribution in [3.05, 3.63) is 29.8 Å². The number of hydrogen-bond acceptors (Lipinski definition) is 4. The largest absolute Gasteiger partial charge is 0.355 e. The molecule has 0 aromatic heterocycles. The van der Waals surface area contributed by atoms with Crippen molar-refractivity contribution in [1.82, 2.24) is 9.62 Å². The smallest absolute Gasteiger partial charge is 0.242 e. The zero-order chi connectivity index (χ0) is 19.2. The summed E-state index contributed by atoms with van der Waals surface area (Å²) in [6, 6.07) is 6.94. The number of hydrogen-bond donors (Lipinski definition) is 1. The van der Waals surface area contributed by atoms with Gasteiger partial charge in [0.2, 0.25) is 15.9 Å². The van der Waals surface area contributed by atoms with E-state index in [4.69, 9.17) is 0 Å². The molecule has 0 aliphatic heterocycles. The Morgan fingerprint density at radius 3 is 2.62 bits per heavy atom. The lowest BCUT2D eigenvalue weighted by molar-refractivity contribution is -0.120. The van der Waals surface area contributed by atoms with Gasteiger partial charge < -0.3 is 5.32 Å². The Hall–Kier alpha value is -1.05. The number of nitrogens with zero attached hydrogens (tertiary/aromatic N) is 1. The normalized spacial score (nSPS) is 17.2. The highest BCUT2D eigenvalue weighted by atomic mass is 32.2. The molecule has 1 aromatic rings. The molecule has 0 bridgehead atoms. The second-order valence-electron chi connectivity index (χ2n) is 7.14. The highest BCUT2D eigenvalue weighted by Gasteiger charge is 2.19. The summed E-state index contributed by atoms with van der Waals surface area (Å²) in [5, 5.41) is 2.92. The van der Waals surface area contributed by atoms with Crippen LogP contribution in [0.4, 0.5) is 0 Å². The molecule has 1 aromatic carbocycles. The van der Waals surface area contributed by atoms with Crippen LogP contribution in [0.15, 0.2) is 29.2 Å². The minimum Gasteiger partial charge on any atom is -0.355 e. The van der Waals surface area contributed by atoms with E-state index in [1.165, 1.54) is 62.3 Å². The number of carbonyl (C=O) groups excluding carboxylic acids is 1. The van der Waals surface area contributed by atoms with Crippen LogP contribution >= 0.6 is 11.8 Å². The summed E-state index contributed by atoms with van der Waals surface area (Å²) in [7, 11) is -0.384. The fraction of sp³-hybridized carbons (Fsp3) is 0.632. The van der Waals surface area contributed by atoms with E-state index >= 15 is 0 Å². The van der Waals surface area contributed by atoms with Gasteiger partial charge in [-0.05, 0) is 43.4 Å². The minimum absolute atomic E-state index is 0.0673. The number of carbonyl (C=O) groups is 1. The van der Waals surface area contributed by atoms with Crippen LogP contribution in [0, 0.1) is 5.92 Å². The summed E-state index contributed by atoms with van der Waals surface area (Å²) in [6.45, 7) is 2.68. The molecular weight excluding hydrogens is 368 g/mol. The summed E-state index contributed by atoms with van der Waals surface area (Å²) in [5.41, 5.74) is 0.907. The zero-order valence-corrected chi connectivity index (χ0v) is 17.5. The van der Waals surface area contributed by atoms with Crippen LogP contribution in [-0.4, -0.2) is 44.5 Å². The molecule has 0 radical (unpaired) electrons. The van der Waals surface area contributed by atoms with Gasteiger partial charge in [-0.1, -0.05) is 31.4 Å². The van der Waals surface area contributed by atoms with Crippen molar-refractivity contribution in [2.45, 2.75) is 54.9 Å². The number of sulfonamides is 1. The molecule has 7 heteroatoms. The van der Waals surface area contributed by atoms with E-state index in [0.29, 0.717) is 11.7 Å². The molecule has 26 heavy (non-hydrogen) atoms. The van der Waals surface area contributed by atoms with Gasteiger partial charge >= 0.3 is 0 Å². The van der Waals surface area contributed by atoms with E-state index in [2.05, 4.69) is 5.32 Å². The first-order valence-corrected chi connectivity index (χ1v) is 11.7. The third-order valence-corrected chi connectivity index (χ3v) is 7.86. The van der Waals surface area contributed by atoms with Crippen LogP contribution in [0.2, 0.25) is 0 Å². The lowest BCUT2D eigenvalue weighted by atomic mass is 9.89. The van der Waals surface area contributed by atoms with Crippen LogP contribution in [0.25, 0.3) is 0 Å². The van der Waals surface area contributed by atoms with E-state index in [1.54, 1.807) is 18.2 Å². The van der Waals surface area contributed by atoms with E-state index in [1.807, 2.05) is 13.0 Å². The Labute approximate surface area is 162 Å². The molecule has 1 aliphatic carbocycles. The molecule has 1 atom stereocenters. The summed E-state index contributed by atoms with van der Waals surface area (Å²) < 4.78 is 25.7. The van der Waals surface area contributed by atoms with Crippen molar-refractivity contribution in [3.63, 3.8) is 0 Å². The van der Waals surface area contributed by atoms with Crippen LogP contribution in [0.5, 0.6) is 0 Å². The molecule has 1 fully saturated rings. The highest BCUT2D eigenvalue weighted by molar-refractivity contribution is 7.99. The van der Waals surface area contributed by atoms with Crippen molar-refractivity contribution >= 4 is 27.7 Å². The van der Waals surface area contributed by atoms with Gasteiger partial charge in [-0.15, -0.1) is 11.8 Å². The molecule has 1 aliphatic rings. The highest BCUT2D eigenvalue weighted by Crippen LogP contribution is 2.24. The van der Waals surface area contributed by atoms with Gasteiger partial charge in [0.25, 0.3) is 0 Å². The zero-order valence-electron chi connectivity index (χ0n) is 15.9. The Bertz CT molecular complexity index is 698. The maximum absolute atomic E-state index is 12.3. The summed E-state index contributed by atoms with van der Waals surface area (Å²) in [4.78, 5) is 12.6. The number of benzene rings is 1. The maximum atomic E-state index is 12.3. The van der Waals surface area contributed by atoms with Gasteiger partial charge in [0.1, 0.15) is 0 Å². The lowest BCUT2D eigenvalue weighted by Crippen LogP contribution is -2.35. The summed E-state index contributed by atoms with van der Waals surface area (Å²) >= 11 is 1.53. The lowest BCUT2D eigenvalue weighted by Gasteiger charge is -2.22. The monoisotopic (exact) mass is 398 g/mol. The average molecular weight is 399 g/mol. The predicted octanol–water partition coefficient (Wildman–Crippen LogP) is 3.26. The molecule has 146 valence electrons. The SMILES string of the molecule is C[C@H](SCc1cccc(S(=O)(=O)N(C)C)c1)C(=O)NCC1CCCCC1. The molecule has 0 unspecified atom stereocenters. The van der Waals surface area contributed by atoms with Crippen molar-refractivity contribution in [1.29, 1.82) is 0 Å². The van der Waals surface area contributed by atoms with E-state index in [0.717, 1.165) is 12.1 Å². The van der Waals surface area contributed by atoms with Crippen molar-refractivity contribution in [3.8, 4) is 0 Å². The molecule has 5 nitrogen and oxygen atoms in total. The minimum atomic E-state index is -3.43. The topological polar surface area (TPSA) is 66.5 Å². The average Bonchev–Trinajstić information content (AvgIpc) is 2.65. The van der Waals surface area contributed by atoms with Gasteiger partial charge in [-0.25, -0.2) is 12.7 Å². The second-order valence-corrected chi connectivity index (χ2v) is 10.6. The molecule has 0 heterocycles. The van der Waals surface area contributed by atoms with Crippen molar-refractivity contribution in [2.75, 3.05) is 20.6 Å². The molecule has 1 saturated carbocycles. The Morgan fingerprint density at radius 2 is 1.96 bits per heavy atom. The Balaban J connectivity index is 1.84. The predicted molar refractivity (Wildman–Crippen MR) is 108 cm³/mol. The number of thioether (sulfide) groups is 1. The van der Waals surface area contributed by atoms with Gasteiger partial charge in [0.15, 0.2) is 0 Å². The molecule has 1 N–H and O–H groups in total. The Kier molecular flexibility index (Phi) is 7.98. The fourth-order valence-electron chi connectivity index (χ4n) is 3.08. The quantitative estimate of drug-likeness (QED) is 0.730. The third kappa shape index (κ3) is 5.99. The number of amides is 1. The van der Waals surface area contributed by atoms with Crippen molar-refractivity contribution < 1.29 is 13.2 Å². The van der Waals surface area contributed by atoms with E-state index < -0.39 is 10.0 Å². The summed E-state index contributed by atoms with van der Waals surface area (Å²) in [6.07, 6.45) is 6.30. The second kappa shape index (κ2) is 9.76. The molecule has 2 rings (SSSR count).